The molecule has 0 bridgehead atoms. The third-order valence-electron chi connectivity index (χ3n) is 24.3. The summed E-state index contributed by atoms with van der Waals surface area (Å²) >= 11 is 0. The van der Waals surface area contributed by atoms with Crippen LogP contribution in [0.15, 0.2) is 404 Å². The first-order valence-electron chi connectivity index (χ1n) is 46.7. The van der Waals surface area contributed by atoms with Gasteiger partial charge < -0.3 is 30.9 Å². The predicted molar refractivity (Wildman–Crippen MR) is 613 cm³/mol. The Morgan fingerprint density at radius 2 is 0.465 bits per heavy atom. The molecule has 7 aromatic heterocycles. The van der Waals surface area contributed by atoms with Crippen molar-refractivity contribution in [3.63, 3.8) is 0 Å². The zero-order valence-corrected chi connectivity index (χ0v) is 88.2. The third-order valence-corrected chi connectivity index (χ3v) is 28.5. The Balaban J connectivity index is 0.000000125. The molecule has 0 saturated carbocycles. The molecule has 7 heterocycles. The number of hydrogen-bond donors (Lipinski definition) is 0. The SMILES string of the molecule is CCc1ccc(-c2cc3cc(PC)ccc3oc2=O)cc1.CCc1ccc(-c2cc3ccc(CP)cc3oc2=O)cc1.CPc1ccc2oc(=O)c(-c3ccc(C)cc3)cc2c1.Cc1ccc(-c2cc(=O)c3cc(CP)ccc3o2)cc1.Cc1ccc(-c2cc3ccc(CP)cc3oc2=O)cc1.Cc1ccc2cc(-c3ccc(CP)cc3)c(=O)oc2c1.Cc1ccc2oc(=O)c(-c3ccc(CP)cc3)cc2c1. The molecule has 0 N–H and O–H groups in total. The quantitative estimate of drug-likeness (QED) is 0.0651. The summed E-state index contributed by atoms with van der Waals surface area (Å²) in [5, 5.41) is 8.93. The van der Waals surface area contributed by atoms with Gasteiger partial charge in [-0.05, 0) is 283 Å². The van der Waals surface area contributed by atoms with Crippen molar-refractivity contribution in [3.05, 3.63) is 479 Å². The lowest BCUT2D eigenvalue weighted by atomic mass is 10.0. The minimum absolute atomic E-state index is 0.00197. The Hall–Kier alpha value is -13.4. The zero-order valence-electron chi connectivity index (χ0n) is 80.4. The number of aryl methyl sites for hydroxylation is 7. The monoisotopic (exact) mass is 2000 g/mol. The number of hydrogen-bond acceptors (Lipinski definition) is 14. The number of benzene rings is 14. The summed E-state index contributed by atoms with van der Waals surface area (Å²) in [6.45, 7) is 18.6. The van der Waals surface area contributed by atoms with Crippen LogP contribution in [-0.4, -0.2) is 13.3 Å². The molecule has 0 fully saturated rings. The number of rotatable bonds is 16. The molecule has 0 aliphatic rings. The minimum Gasteiger partial charge on any atom is -0.456 e. The van der Waals surface area contributed by atoms with Crippen LogP contribution in [-0.2, 0) is 43.7 Å². The molecule has 7 unspecified atom stereocenters. The highest BCUT2D eigenvalue weighted by Crippen LogP contribution is 2.33. The molecule has 0 aliphatic heterocycles. The molecule has 0 aliphatic carbocycles. The molecule has 142 heavy (non-hydrogen) atoms. The molecular weight excluding hydrogens is 1890 g/mol. The van der Waals surface area contributed by atoms with Crippen LogP contribution in [0, 0.1) is 34.6 Å². The van der Waals surface area contributed by atoms with E-state index in [9.17, 15) is 33.6 Å². The molecule has 7 atom stereocenters. The van der Waals surface area contributed by atoms with Gasteiger partial charge in [-0.1, -0.05) is 284 Å². The fraction of sp³-hybridized carbons (Fsp3) is 0.132. The Bertz CT molecular complexity index is 8560. The van der Waals surface area contributed by atoms with Gasteiger partial charge in [-0.2, -0.15) is 0 Å². The topological polar surface area (TPSA) is 211 Å². The normalized spacial score (nSPS) is 11.1. The van der Waals surface area contributed by atoms with Crippen LogP contribution in [0.4, 0.5) is 0 Å². The second kappa shape index (κ2) is 48.4. The summed E-state index contributed by atoms with van der Waals surface area (Å²) < 4.78 is 38.5. The maximum absolute atomic E-state index is 12.2. The van der Waals surface area contributed by atoms with Crippen LogP contribution in [0.3, 0.4) is 0 Å². The third kappa shape index (κ3) is 25.9. The highest BCUT2D eigenvalue weighted by Gasteiger charge is 2.17. The average Bonchev–Trinajstić information content (AvgIpc) is 0.821. The fourth-order valence-corrected chi connectivity index (χ4v) is 18.3. The van der Waals surface area contributed by atoms with Crippen molar-refractivity contribution in [2.24, 2.45) is 0 Å². The molecule has 0 radical (unpaired) electrons. The molecule has 14 aromatic carbocycles. The van der Waals surface area contributed by atoms with Gasteiger partial charge in [0.2, 0.25) is 0 Å². The van der Waals surface area contributed by atoms with E-state index >= 15 is 0 Å². The lowest BCUT2D eigenvalue weighted by Gasteiger charge is -2.05. The van der Waals surface area contributed by atoms with Crippen molar-refractivity contribution in [1.29, 1.82) is 0 Å². The summed E-state index contributed by atoms with van der Waals surface area (Å²) in [4.78, 5) is 85.1. The van der Waals surface area contributed by atoms with E-state index in [1.54, 1.807) is 6.07 Å². The van der Waals surface area contributed by atoms with Crippen molar-refractivity contribution in [2.75, 3.05) is 13.3 Å². The van der Waals surface area contributed by atoms with Crippen molar-refractivity contribution in [1.82, 2.24) is 0 Å². The smallest absolute Gasteiger partial charge is 0.344 e. The standard InChI is InChI=1S/2C18H17O2P.5C17H15O2P/c1-3-12-4-6-13(7-5-12)16-11-14-10-15(21-2)8-9-17(14)20-18(16)19;1-2-12-3-6-14(7-4-12)16-10-15-8-5-13(11-21)9-17(15)20-18(16)19;1-11-3-5-12(6-4-11)15-10-13-9-14(20-2)7-8-16(13)19-17(15)18;1-11-2-7-16-14(8-11)9-15(17(18)19-16)13-5-3-12(10-20)4-6-13;1-11-2-5-14-9-15(17(18)19-16(14)8-11)13-6-3-12(10-20)4-7-13;1-11-2-5-13(6-3-11)17-9-15(18)14-8-12(10-20)4-7-16(14)19-17;1-11-2-5-13(6-3-11)15-9-14-7-4-12(10-20)8-16(14)19-17(15)18/h4-11,21H,3H2,1-2H3;3-10H,2,11,21H2,1H3;3-10,20H,1-2H3;4*2-9H,10,20H2,1H3. The lowest BCUT2D eigenvalue weighted by Crippen LogP contribution is -2.04. The summed E-state index contributed by atoms with van der Waals surface area (Å²) in [6, 6.07) is 110. The summed E-state index contributed by atoms with van der Waals surface area (Å²) in [6.07, 6.45) is 6.32. The van der Waals surface area contributed by atoms with Gasteiger partial charge in [0.05, 0.1) is 38.8 Å². The van der Waals surface area contributed by atoms with E-state index in [1.807, 2.05) is 326 Å². The summed E-state index contributed by atoms with van der Waals surface area (Å²) in [5.41, 5.74) is 26.9. The predicted octanol–water partition coefficient (Wildman–Crippen LogP) is 28.6. The van der Waals surface area contributed by atoms with Crippen LogP contribution in [0.2, 0.25) is 0 Å². The van der Waals surface area contributed by atoms with Gasteiger partial charge in [-0.15, -0.1) is 46.2 Å². The van der Waals surface area contributed by atoms with E-state index in [4.69, 9.17) is 30.9 Å². The molecule has 21 aromatic rings. The van der Waals surface area contributed by atoms with Crippen molar-refractivity contribution >= 4 is 151 Å². The molecule has 0 amide bonds. The molecule has 712 valence electrons. The van der Waals surface area contributed by atoms with Crippen molar-refractivity contribution in [3.8, 4) is 78.1 Å². The fourth-order valence-electron chi connectivity index (χ4n) is 15.9. The first-order chi connectivity index (χ1) is 68.8. The van der Waals surface area contributed by atoms with E-state index in [0.717, 1.165) is 160 Å². The van der Waals surface area contributed by atoms with E-state index in [0.29, 0.717) is 83.6 Å². The molecule has 0 spiro atoms. The Morgan fingerprint density at radius 3 is 0.810 bits per heavy atom. The maximum atomic E-state index is 12.2. The molecular formula is C121H109O14P7. The minimum atomic E-state index is -0.292. The van der Waals surface area contributed by atoms with Gasteiger partial charge in [-0.3, -0.25) is 4.79 Å². The highest BCUT2D eigenvalue weighted by molar-refractivity contribution is 7.46. The largest absolute Gasteiger partial charge is 0.456 e. The van der Waals surface area contributed by atoms with Gasteiger partial charge in [0, 0.05) is 43.9 Å². The first kappa shape index (κ1) is 103. The molecule has 21 rings (SSSR count). The average molecular weight is 2000 g/mol. The molecule has 21 heteroatoms. The van der Waals surface area contributed by atoms with Crippen LogP contribution < -0.4 is 49.8 Å². The van der Waals surface area contributed by atoms with Gasteiger partial charge in [0.1, 0.15) is 44.8 Å². The second-order valence-electron chi connectivity index (χ2n) is 34.4. The van der Waals surface area contributed by atoms with E-state index < -0.39 is 0 Å². The number of fused-ring (bicyclic) bond motifs is 7. The van der Waals surface area contributed by atoms with Crippen LogP contribution in [0.5, 0.6) is 0 Å². The highest BCUT2D eigenvalue weighted by atomic mass is 31.1. The van der Waals surface area contributed by atoms with Gasteiger partial charge >= 0.3 is 33.8 Å². The van der Waals surface area contributed by atoms with Gasteiger partial charge in [0.15, 0.2) is 5.43 Å². The van der Waals surface area contributed by atoms with Crippen molar-refractivity contribution < 1.29 is 30.9 Å². The van der Waals surface area contributed by atoms with Crippen LogP contribution in [0.25, 0.3) is 155 Å². The van der Waals surface area contributed by atoms with E-state index in [-0.39, 0.29) is 39.2 Å². The Labute approximate surface area is 838 Å². The maximum Gasteiger partial charge on any atom is 0.344 e. The van der Waals surface area contributed by atoms with Crippen molar-refractivity contribution in [2.45, 2.75) is 92.1 Å². The second-order valence-corrected chi connectivity index (χ2v) is 38.6. The molecule has 14 nitrogen and oxygen atoms in total. The van der Waals surface area contributed by atoms with E-state index in [2.05, 4.69) is 116 Å². The van der Waals surface area contributed by atoms with Crippen LogP contribution in [0.1, 0.15) is 80.6 Å². The summed E-state index contributed by atoms with van der Waals surface area (Å²) in [7, 11) is 14.8. The zero-order chi connectivity index (χ0) is 100. The molecule has 0 saturated heterocycles. The lowest BCUT2D eigenvalue weighted by molar-refractivity contribution is 0.563. The van der Waals surface area contributed by atoms with Gasteiger partial charge in [0.25, 0.3) is 0 Å². The Morgan fingerprint density at radius 1 is 0.211 bits per heavy atom. The Kier molecular flexibility index (Phi) is 35.0. The first-order valence-corrected chi connectivity index (χ1v) is 53.8. The van der Waals surface area contributed by atoms with E-state index in [1.165, 1.54) is 49.6 Å². The van der Waals surface area contributed by atoms with Crippen LogP contribution >= 0.6 is 63.4 Å². The van der Waals surface area contributed by atoms with Gasteiger partial charge in [-0.25, -0.2) is 28.8 Å². The summed E-state index contributed by atoms with van der Waals surface area (Å²) in [5.74, 6) is 0.612.